The molecule has 0 fully saturated rings. The van der Waals surface area contributed by atoms with Gasteiger partial charge in [-0.1, -0.05) is 24.3 Å². The van der Waals surface area contributed by atoms with Gasteiger partial charge < -0.3 is 13.9 Å². The Morgan fingerprint density at radius 2 is 1.92 bits per heavy atom. The van der Waals surface area contributed by atoms with Crippen molar-refractivity contribution >= 4 is 28.5 Å². The minimum atomic E-state index is -0.363. The molecule has 0 saturated heterocycles. The first-order valence-electron chi connectivity index (χ1n) is 8.10. The summed E-state index contributed by atoms with van der Waals surface area (Å²) in [6.07, 6.45) is 3.71. The third-order valence-electron chi connectivity index (χ3n) is 3.96. The molecule has 1 aromatic heterocycles. The standard InChI is InChI=1S/C19H17NO3.C2H6O/c1-4-6-14(20-2)13-11-23-16-10-9-12-7-5-8-15(22-3)17(12)18(16)19(13)21;1-3-2/h4-5,7-11,14H,1-2,6H2,3H3;1-2H3. The molecule has 1 heterocycles. The fourth-order valence-electron chi connectivity index (χ4n) is 2.83. The maximum Gasteiger partial charge on any atom is 0.198 e. The second-order valence-corrected chi connectivity index (χ2v) is 5.65. The van der Waals surface area contributed by atoms with Gasteiger partial charge in [-0.15, -0.1) is 6.58 Å². The first-order chi connectivity index (χ1) is 12.6. The molecule has 0 N–H and O–H groups in total. The van der Waals surface area contributed by atoms with E-state index >= 15 is 0 Å². The first-order valence-corrected chi connectivity index (χ1v) is 8.10. The Morgan fingerprint density at radius 1 is 1.19 bits per heavy atom. The minimum Gasteiger partial charge on any atom is -0.496 e. The molecule has 136 valence electrons. The SMILES string of the molecule is C=CCC(N=C)c1coc2ccc3cccc(OC)c3c2c1=O.COC. The van der Waals surface area contributed by atoms with Gasteiger partial charge in [0.2, 0.25) is 0 Å². The Hall–Kier alpha value is -2.92. The van der Waals surface area contributed by atoms with E-state index < -0.39 is 0 Å². The van der Waals surface area contributed by atoms with E-state index in [9.17, 15) is 4.79 Å². The van der Waals surface area contributed by atoms with E-state index in [4.69, 9.17) is 9.15 Å². The van der Waals surface area contributed by atoms with Crippen LogP contribution in [-0.4, -0.2) is 28.0 Å². The van der Waals surface area contributed by atoms with Crippen molar-refractivity contribution in [2.75, 3.05) is 21.3 Å². The predicted octanol–water partition coefficient (Wildman–Crippen LogP) is 4.54. The second kappa shape index (κ2) is 8.97. The maximum absolute atomic E-state index is 13.0. The molecule has 0 spiro atoms. The summed E-state index contributed by atoms with van der Waals surface area (Å²) in [5.41, 5.74) is 0.892. The number of benzene rings is 2. The van der Waals surface area contributed by atoms with Crippen molar-refractivity contribution in [3.63, 3.8) is 0 Å². The van der Waals surface area contributed by atoms with Gasteiger partial charge in [-0.05, 0) is 30.7 Å². The summed E-state index contributed by atoms with van der Waals surface area (Å²) < 4.78 is 15.4. The third kappa shape index (κ3) is 3.68. The number of fused-ring (bicyclic) bond motifs is 3. The zero-order valence-electron chi connectivity index (χ0n) is 15.3. The maximum atomic E-state index is 13.0. The van der Waals surface area contributed by atoms with Crippen LogP contribution in [-0.2, 0) is 4.74 Å². The molecule has 5 nitrogen and oxygen atoms in total. The molecule has 0 aliphatic rings. The average molecular weight is 353 g/mol. The Bertz CT molecular complexity index is 975. The summed E-state index contributed by atoms with van der Waals surface area (Å²) in [5, 5.41) is 2.19. The summed E-state index contributed by atoms with van der Waals surface area (Å²) in [6, 6.07) is 9.02. The normalized spacial score (nSPS) is 11.5. The molecule has 1 unspecified atom stereocenters. The van der Waals surface area contributed by atoms with Gasteiger partial charge in [-0.2, -0.15) is 0 Å². The van der Waals surface area contributed by atoms with E-state index in [1.54, 1.807) is 33.5 Å². The lowest BCUT2D eigenvalue weighted by Gasteiger charge is -2.12. The molecule has 5 heteroatoms. The quantitative estimate of drug-likeness (QED) is 0.384. The molecule has 0 amide bonds. The Kier molecular flexibility index (Phi) is 6.69. The molecule has 26 heavy (non-hydrogen) atoms. The molecule has 0 radical (unpaired) electrons. The Labute approximate surface area is 152 Å². The van der Waals surface area contributed by atoms with Crippen molar-refractivity contribution in [1.29, 1.82) is 0 Å². The highest BCUT2D eigenvalue weighted by molar-refractivity contribution is 6.08. The van der Waals surface area contributed by atoms with Gasteiger partial charge in [0, 0.05) is 19.6 Å². The molecule has 1 atom stereocenters. The highest BCUT2D eigenvalue weighted by atomic mass is 16.5. The van der Waals surface area contributed by atoms with Gasteiger partial charge in [0.25, 0.3) is 0 Å². The van der Waals surface area contributed by atoms with E-state index in [0.29, 0.717) is 28.7 Å². The second-order valence-electron chi connectivity index (χ2n) is 5.65. The van der Waals surface area contributed by atoms with Crippen LogP contribution >= 0.6 is 0 Å². The largest absolute Gasteiger partial charge is 0.496 e. The van der Waals surface area contributed by atoms with Gasteiger partial charge in [0.05, 0.1) is 24.1 Å². The summed E-state index contributed by atoms with van der Waals surface area (Å²) in [7, 11) is 4.84. The van der Waals surface area contributed by atoms with Gasteiger partial charge in [-0.3, -0.25) is 9.79 Å². The van der Waals surface area contributed by atoms with Crippen LogP contribution in [0.25, 0.3) is 21.7 Å². The molecular weight excluding hydrogens is 330 g/mol. The minimum absolute atomic E-state index is 0.111. The molecule has 0 bridgehead atoms. The summed E-state index contributed by atoms with van der Waals surface area (Å²) >= 11 is 0. The van der Waals surface area contributed by atoms with Crippen molar-refractivity contribution in [3.8, 4) is 5.75 Å². The van der Waals surface area contributed by atoms with Crippen LogP contribution in [0.1, 0.15) is 18.0 Å². The van der Waals surface area contributed by atoms with Crippen LogP contribution < -0.4 is 10.2 Å². The summed E-state index contributed by atoms with van der Waals surface area (Å²) in [5.74, 6) is 0.643. The van der Waals surface area contributed by atoms with Crippen molar-refractivity contribution in [3.05, 3.63) is 65.0 Å². The van der Waals surface area contributed by atoms with Crippen LogP contribution in [0.5, 0.6) is 5.75 Å². The fourth-order valence-corrected chi connectivity index (χ4v) is 2.83. The van der Waals surface area contributed by atoms with E-state index in [1.165, 1.54) is 6.26 Å². The highest BCUT2D eigenvalue weighted by Crippen LogP contribution is 2.32. The third-order valence-corrected chi connectivity index (χ3v) is 3.96. The first kappa shape index (κ1) is 19.4. The number of nitrogens with zero attached hydrogens (tertiary/aromatic N) is 1. The van der Waals surface area contributed by atoms with Crippen molar-refractivity contribution in [2.24, 2.45) is 4.99 Å². The number of ether oxygens (including phenoxy) is 2. The van der Waals surface area contributed by atoms with Crippen molar-refractivity contribution in [1.82, 2.24) is 0 Å². The van der Waals surface area contributed by atoms with Gasteiger partial charge in [-0.25, -0.2) is 0 Å². The van der Waals surface area contributed by atoms with Crippen LogP contribution in [0, 0.1) is 0 Å². The van der Waals surface area contributed by atoms with Crippen molar-refractivity contribution < 1.29 is 13.9 Å². The summed E-state index contributed by atoms with van der Waals surface area (Å²) in [6.45, 7) is 7.27. The lowest BCUT2D eigenvalue weighted by Crippen LogP contribution is -2.12. The number of hydrogen-bond donors (Lipinski definition) is 0. The predicted molar refractivity (Wildman–Crippen MR) is 107 cm³/mol. The lowest BCUT2D eigenvalue weighted by atomic mass is 10.00. The number of aliphatic imine (C=N–C) groups is 1. The molecule has 2 aromatic carbocycles. The van der Waals surface area contributed by atoms with Crippen LogP contribution in [0.4, 0.5) is 0 Å². The molecule has 0 aliphatic heterocycles. The number of methoxy groups -OCH3 is 2. The topological polar surface area (TPSA) is 61.0 Å². The van der Waals surface area contributed by atoms with Crippen LogP contribution in [0.15, 0.2) is 63.5 Å². The van der Waals surface area contributed by atoms with E-state index in [1.807, 2.05) is 24.3 Å². The number of rotatable bonds is 5. The smallest absolute Gasteiger partial charge is 0.198 e. The number of hydrogen-bond acceptors (Lipinski definition) is 5. The average Bonchev–Trinajstić information content (AvgIpc) is 2.66. The Balaban J connectivity index is 0.000000758. The van der Waals surface area contributed by atoms with Gasteiger partial charge in [0.1, 0.15) is 17.6 Å². The zero-order valence-corrected chi connectivity index (χ0v) is 15.3. The van der Waals surface area contributed by atoms with Gasteiger partial charge >= 0.3 is 0 Å². The molecular formula is C21H23NO4. The fraction of sp³-hybridized carbons (Fsp3) is 0.238. The van der Waals surface area contributed by atoms with Crippen LogP contribution in [0.2, 0.25) is 0 Å². The molecule has 3 aromatic rings. The van der Waals surface area contributed by atoms with E-state index in [2.05, 4.69) is 23.0 Å². The van der Waals surface area contributed by atoms with Crippen molar-refractivity contribution in [2.45, 2.75) is 12.5 Å². The highest BCUT2D eigenvalue weighted by Gasteiger charge is 2.18. The zero-order chi connectivity index (χ0) is 19.1. The Morgan fingerprint density at radius 3 is 2.54 bits per heavy atom. The van der Waals surface area contributed by atoms with Gasteiger partial charge in [0.15, 0.2) is 5.43 Å². The van der Waals surface area contributed by atoms with E-state index in [0.717, 1.165) is 10.8 Å². The molecule has 3 rings (SSSR count). The van der Waals surface area contributed by atoms with E-state index in [-0.39, 0.29) is 11.5 Å². The lowest BCUT2D eigenvalue weighted by molar-refractivity contribution is 0.277. The monoisotopic (exact) mass is 353 g/mol. The van der Waals surface area contributed by atoms with Crippen LogP contribution in [0.3, 0.4) is 0 Å². The molecule has 0 saturated carbocycles. The molecule has 0 aliphatic carbocycles. The summed E-state index contributed by atoms with van der Waals surface area (Å²) in [4.78, 5) is 17.1.